The number of aryl methyl sites for hydroxylation is 1. The zero-order valence-corrected chi connectivity index (χ0v) is 17.5. The minimum Gasteiger partial charge on any atom is -0.343 e. The summed E-state index contributed by atoms with van der Waals surface area (Å²) < 4.78 is 2.34. The van der Waals surface area contributed by atoms with Gasteiger partial charge in [-0.2, -0.15) is 0 Å². The van der Waals surface area contributed by atoms with Crippen molar-refractivity contribution in [2.45, 2.75) is 6.42 Å². The monoisotopic (exact) mass is 397 g/mol. The van der Waals surface area contributed by atoms with Gasteiger partial charge in [0, 0.05) is 23.5 Å². The zero-order valence-electron chi connectivity index (χ0n) is 17.5. The van der Waals surface area contributed by atoms with E-state index in [1.807, 2.05) is 0 Å². The Kier molecular flexibility index (Phi) is 4.14. The van der Waals surface area contributed by atoms with E-state index < -0.39 is 0 Å². The summed E-state index contributed by atoms with van der Waals surface area (Å²) in [5.41, 5.74) is 11.9. The third-order valence-electron chi connectivity index (χ3n) is 6.46. The number of hydrogen-bond donors (Lipinski definition) is 0. The van der Waals surface area contributed by atoms with Gasteiger partial charge in [0.1, 0.15) is 0 Å². The summed E-state index contributed by atoms with van der Waals surface area (Å²) in [6.07, 6.45) is 5.50. The first-order chi connectivity index (χ1) is 15.3. The molecule has 1 nitrogen and oxygen atoms in total. The Bertz CT molecular complexity index is 1450. The SMILES string of the molecule is Cn1c(-c2ccc3c(c2)Cc2ccccc2-3)c(/C=C/c2ccccc2)c2ccccc21. The summed E-state index contributed by atoms with van der Waals surface area (Å²) in [5, 5.41) is 1.29. The molecule has 0 radical (unpaired) electrons. The van der Waals surface area contributed by atoms with Crippen molar-refractivity contribution in [1.29, 1.82) is 0 Å². The van der Waals surface area contributed by atoms with Gasteiger partial charge in [-0.25, -0.2) is 0 Å². The van der Waals surface area contributed by atoms with Gasteiger partial charge in [-0.3, -0.25) is 0 Å². The van der Waals surface area contributed by atoms with Gasteiger partial charge in [0.2, 0.25) is 0 Å². The normalized spacial score (nSPS) is 12.4. The van der Waals surface area contributed by atoms with Gasteiger partial charge >= 0.3 is 0 Å². The molecule has 4 aromatic carbocycles. The summed E-state index contributed by atoms with van der Waals surface area (Å²) in [6.45, 7) is 0. The van der Waals surface area contributed by atoms with Gasteiger partial charge in [-0.1, -0.05) is 97.1 Å². The first-order valence-electron chi connectivity index (χ1n) is 10.8. The third-order valence-corrected chi connectivity index (χ3v) is 6.46. The molecule has 0 N–H and O–H groups in total. The van der Waals surface area contributed by atoms with Crippen molar-refractivity contribution in [3.63, 3.8) is 0 Å². The van der Waals surface area contributed by atoms with Gasteiger partial charge in [-0.15, -0.1) is 0 Å². The zero-order chi connectivity index (χ0) is 20.8. The Hall–Kier alpha value is -3.84. The Morgan fingerprint density at radius 2 is 1.42 bits per heavy atom. The Morgan fingerprint density at radius 3 is 2.32 bits per heavy atom. The van der Waals surface area contributed by atoms with Crippen LogP contribution >= 0.6 is 0 Å². The lowest BCUT2D eigenvalue weighted by Gasteiger charge is -2.09. The summed E-state index contributed by atoms with van der Waals surface area (Å²) in [7, 11) is 2.18. The van der Waals surface area contributed by atoms with Gasteiger partial charge in [0.15, 0.2) is 0 Å². The van der Waals surface area contributed by atoms with Crippen molar-refractivity contribution in [1.82, 2.24) is 4.57 Å². The van der Waals surface area contributed by atoms with E-state index in [9.17, 15) is 0 Å². The highest BCUT2D eigenvalue weighted by molar-refractivity contribution is 6.00. The lowest BCUT2D eigenvalue weighted by molar-refractivity contribution is 0.977. The second-order valence-corrected chi connectivity index (χ2v) is 8.29. The number of para-hydroxylation sites is 1. The largest absolute Gasteiger partial charge is 0.343 e. The molecule has 0 saturated carbocycles. The fourth-order valence-corrected chi connectivity index (χ4v) is 4.98. The van der Waals surface area contributed by atoms with Gasteiger partial charge in [0.05, 0.1) is 5.69 Å². The van der Waals surface area contributed by atoms with Crippen LogP contribution in [0.25, 0.3) is 45.4 Å². The summed E-state index contributed by atoms with van der Waals surface area (Å²) in [4.78, 5) is 0. The van der Waals surface area contributed by atoms with Crippen LogP contribution in [0.4, 0.5) is 0 Å². The number of rotatable bonds is 3. The molecular formula is C30H23N. The molecular weight excluding hydrogens is 374 g/mol. The van der Waals surface area contributed by atoms with Crippen molar-refractivity contribution in [2.24, 2.45) is 7.05 Å². The Labute approximate surface area is 182 Å². The van der Waals surface area contributed by atoms with Gasteiger partial charge in [0.25, 0.3) is 0 Å². The van der Waals surface area contributed by atoms with Crippen LogP contribution in [-0.2, 0) is 13.5 Å². The smallest absolute Gasteiger partial charge is 0.0562 e. The highest BCUT2D eigenvalue weighted by Gasteiger charge is 2.20. The van der Waals surface area contributed by atoms with E-state index in [4.69, 9.17) is 0 Å². The molecule has 0 unspecified atom stereocenters. The summed E-state index contributed by atoms with van der Waals surface area (Å²) in [6, 6.07) is 35.0. The number of benzene rings is 4. The van der Waals surface area contributed by atoms with Crippen LogP contribution in [0.1, 0.15) is 22.3 Å². The van der Waals surface area contributed by atoms with Crippen molar-refractivity contribution in [3.8, 4) is 22.4 Å². The van der Waals surface area contributed by atoms with Crippen molar-refractivity contribution in [2.75, 3.05) is 0 Å². The summed E-state index contributed by atoms with van der Waals surface area (Å²) >= 11 is 0. The molecule has 0 aliphatic heterocycles. The maximum absolute atomic E-state index is 2.39. The third kappa shape index (κ3) is 2.93. The minimum absolute atomic E-state index is 1.01. The second kappa shape index (κ2) is 7.14. The maximum Gasteiger partial charge on any atom is 0.0562 e. The van der Waals surface area contributed by atoms with E-state index in [1.54, 1.807) is 0 Å². The molecule has 6 rings (SSSR count). The Morgan fingerprint density at radius 1 is 0.677 bits per heavy atom. The predicted molar refractivity (Wildman–Crippen MR) is 132 cm³/mol. The molecule has 1 aliphatic rings. The van der Waals surface area contributed by atoms with Crippen LogP contribution in [0.2, 0.25) is 0 Å². The van der Waals surface area contributed by atoms with E-state index >= 15 is 0 Å². The van der Waals surface area contributed by atoms with Crippen LogP contribution in [0.15, 0.2) is 97.1 Å². The fourth-order valence-electron chi connectivity index (χ4n) is 4.98. The van der Waals surface area contributed by atoms with Crippen molar-refractivity contribution >= 4 is 23.1 Å². The molecule has 0 bridgehead atoms. The lowest BCUT2D eigenvalue weighted by atomic mass is 9.99. The molecule has 0 amide bonds. The Balaban J connectivity index is 1.53. The van der Waals surface area contributed by atoms with Crippen LogP contribution in [0.3, 0.4) is 0 Å². The molecule has 0 atom stereocenters. The average Bonchev–Trinajstić information content (AvgIpc) is 3.33. The minimum atomic E-state index is 1.01. The van der Waals surface area contributed by atoms with E-state index in [1.165, 1.54) is 55.5 Å². The topological polar surface area (TPSA) is 4.93 Å². The van der Waals surface area contributed by atoms with Crippen molar-refractivity contribution < 1.29 is 0 Å². The summed E-state index contributed by atoms with van der Waals surface area (Å²) in [5.74, 6) is 0. The molecule has 1 aliphatic carbocycles. The van der Waals surface area contributed by atoms with Gasteiger partial charge in [-0.05, 0) is 51.9 Å². The molecule has 0 fully saturated rings. The van der Waals surface area contributed by atoms with E-state index in [0.717, 1.165) is 6.42 Å². The maximum atomic E-state index is 2.39. The van der Waals surface area contributed by atoms with Crippen LogP contribution in [-0.4, -0.2) is 4.57 Å². The van der Waals surface area contributed by atoms with Crippen molar-refractivity contribution in [3.05, 3.63) is 119 Å². The molecule has 1 aromatic heterocycles. The average molecular weight is 398 g/mol. The molecule has 1 heterocycles. The molecule has 31 heavy (non-hydrogen) atoms. The first-order valence-corrected chi connectivity index (χ1v) is 10.8. The van der Waals surface area contributed by atoms with E-state index in [0.29, 0.717) is 0 Å². The molecule has 0 spiro atoms. The fraction of sp³-hybridized carbons (Fsp3) is 0.0667. The molecule has 5 aromatic rings. The lowest BCUT2D eigenvalue weighted by Crippen LogP contribution is -1.93. The highest BCUT2D eigenvalue weighted by Crippen LogP contribution is 2.41. The highest BCUT2D eigenvalue weighted by atomic mass is 14.9. The van der Waals surface area contributed by atoms with Crippen LogP contribution < -0.4 is 0 Å². The first kappa shape index (κ1) is 18.0. The predicted octanol–water partition coefficient (Wildman–Crippen LogP) is 7.59. The standard InChI is InChI=1S/C30H23N/c1-31-29-14-8-7-13-27(29)28(17-15-21-9-3-2-4-10-21)30(31)23-16-18-26-24(20-23)19-22-11-5-6-12-25(22)26/h2-18,20H,19H2,1H3/b17-15+. The number of aromatic nitrogens is 1. The number of nitrogens with zero attached hydrogens (tertiary/aromatic N) is 1. The number of hydrogen-bond acceptors (Lipinski definition) is 0. The molecule has 148 valence electrons. The van der Waals surface area contributed by atoms with Crippen LogP contribution in [0, 0.1) is 0 Å². The molecule has 0 saturated heterocycles. The van der Waals surface area contributed by atoms with Gasteiger partial charge < -0.3 is 4.57 Å². The second-order valence-electron chi connectivity index (χ2n) is 8.29. The molecule has 1 heteroatoms. The number of fused-ring (bicyclic) bond motifs is 4. The van der Waals surface area contributed by atoms with E-state index in [2.05, 4.69) is 121 Å². The van der Waals surface area contributed by atoms with Crippen LogP contribution in [0.5, 0.6) is 0 Å². The van der Waals surface area contributed by atoms with E-state index in [-0.39, 0.29) is 0 Å². The quantitative estimate of drug-likeness (QED) is 0.290.